The molecular formula is C25H20IN3O5. The normalized spacial score (nSPS) is 15.9. The Hall–Kier alpha value is -3.73. The van der Waals surface area contributed by atoms with Crippen molar-refractivity contribution in [1.29, 1.82) is 0 Å². The second kappa shape index (κ2) is 9.26. The monoisotopic (exact) mass is 569 g/mol. The van der Waals surface area contributed by atoms with E-state index < -0.39 is 12.1 Å². The van der Waals surface area contributed by atoms with Gasteiger partial charge in [0, 0.05) is 20.4 Å². The first-order valence-electron chi connectivity index (χ1n) is 10.5. The van der Waals surface area contributed by atoms with E-state index >= 15 is 0 Å². The number of benzene rings is 3. The molecule has 1 atom stereocenters. The minimum atomic E-state index is -0.659. The number of nitrogens with one attached hydrogen (secondary N) is 2. The summed E-state index contributed by atoms with van der Waals surface area (Å²) < 4.78 is 17.3. The zero-order chi connectivity index (χ0) is 23.7. The fourth-order valence-corrected chi connectivity index (χ4v) is 4.23. The van der Waals surface area contributed by atoms with E-state index in [-0.39, 0.29) is 12.7 Å². The van der Waals surface area contributed by atoms with Gasteiger partial charge in [-0.1, -0.05) is 18.7 Å². The highest BCUT2D eigenvalue weighted by molar-refractivity contribution is 14.1. The van der Waals surface area contributed by atoms with E-state index in [1.54, 1.807) is 48.5 Å². The molecule has 3 aromatic rings. The molecular weight excluding hydrogens is 549 g/mol. The molecule has 5 rings (SSSR count). The fraction of sp³-hybridized carbons (Fsp3) is 0.120. The molecule has 0 spiro atoms. The third-order valence-corrected chi connectivity index (χ3v) is 6.07. The van der Waals surface area contributed by atoms with E-state index in [0.29, 0.717) is 40.7 Å². The molecule has 2 amide bonds. The predicted molar refractivity (Wildman–Crippen MR) is 134 cm³/mol. The van der Waals surface area contributed by atoms with Gasteiger partial charge in [-0.15, -0.1) is 0 Å². The summed E-state index contributed by atoms with van der Waals surface area (Å²) in [6.07, 6.45) is 0.985. The number of rotatable bonds is 6. The van der Waals surface area contributed by atoms with Crippen molar-refractivity contribution in [2.75, 3.05) is 18.7 Å². The number of hydrogen-bond donors (Lipinski definition) is 2. The van der Waals surface area contributed by atoms with Gasteiger partial charge in [0.15, 0.2) is 11.5 Å². The molecule has 0 aromatic heterocycles. The average molecular weight is 569 g/mol. The van der Waals surface area contributed by atoms with E-state index in [4.69, 9.17) is 14.2 Å². The van der Waals surface area contributed by atoms with E-state index in [2.05, 4.69) is 39.9 Å². The zero-order valence-corrected chi connectivity index (χ0v) is 20.1. The SMILES string of the molecule is C=CCOc1ccc(C(=O)NN2C(=O)c3cc(I)ccc3N[C@@H]2c2ccc3c(c2)OCO3)cc1. The molecule has 0 radical (unpaired) electrons. The van der Waals surface area contributed by atoms with Gasteiger partial charge in [-0.25, -0.2) is 5.01 Å². The molecule has 0 saturated heterocycles. The highest BCUT2D eigenvalue weighted by Crippen LogP contribution is 2.38. The van der Waals surface area contributed by atoms with Crippen LogP contribution in [0.5, 0.6) is 17.2 Å². The van der Waals surface area contributed by atoms with Crippen molar-refractivity contribution >= 4 is 40.1 Å². The number of halogens is 1. The number of amides is 2. The summed E-state index contributed by atoms with van der Waals surface area (Å²) in [5.41, 5.74) is 5.05. The van der Waals surface area contributed by atoms with E-state index in [1.807, 2.05) is 18.2 Å². The molecule has 172 valence electrons. The number of hydrazine groups is 1. The number of anilines is 1. The van der Waals surface area contributed by atoms with Gasteiger partial charge in [0.1, 0.15) is 18.5 Å². The number of ether oxygens (including phenoxy) is 3. The Morgan fingerprint density at radius 2 is 1.94 bits per heavy atom. The van der Waals surface area contributed by atoms with E-state index in [1.165, 1.54) is 5.01 Å². The molecule has 2 aliphatic heterocycles. The smallest absolute Gasteiger partial charge is 0.276 e. The van der Waals surface area contributed by atoms with E-state index in [0.717, 1.165) is 9.13 Å². The number of carbonyl (C=O) groups excluding carboxylic acids is 2. The van der Waals surface area contributed by atoms with Crippen LogP contribution in [0, 0.1) is 3.57 Å². The molecule has 2 aliphatic rings. The van der Waals surface area contributed by atoms with Crippen molar-refractivity contribution in [3.63, 3.8) is 0 Å². The van der Waals surface area contributed by atoms with Crippen LogP contribution in [0.25, 0.3) is 0 Å². The summed E-state index contributed by atoms with van der Waals surface area (Å²) in [4.78, 5) is 26.6. The third kappa shape index (κ3) is 4.26. The van der Waals surface area contributed by atoms with Crippen LogP contribution in [-0.4, -0.2) is 30.2 Å². The van der Waals surface area contributed by atoms with Crippen molar-refractivity contribution in [3.8, 4) is 17.2 Å². The number of fused-ring (bicyclic) bond motifs is 2. The summed E-state index contributed by atoms with van der Waals surface area (Å²) in [7, 11) is 0. The summed E-state index contributed by atoms with van der Waals surface area (Å²) in [5, 5.41) is 4.67. The van der Waals surface area contributed by atoms with Crippen LogP contribution in [0.1, 0.15) is 32.4 Å². The minimum Gasteiger partial charge on any atom is -0.490 e. The predicted octanol–water partition coefficient (Wildman–Crippen LogP) is 4.50. The third-order valence-electron chi connectivity index (χ3n) is 5.40. The van der Waals surface area contributed by atoms with Gasteiger partial charge in [-0.3, -0.25) is 15.0 Å². The fourth-order valence-electron chi connectivity index (χ4n) is 3.74. The van der Waals surface area contributed by atoms with Crippen LogP contribution in [0.2, 0.25) is 0 Å². The molecule has 2 N–H and O–H groups in total. The van der Waals surface area contributed by atoms with Gasteiger partial charge in [0.05, 0.1) is 5.56 Å². The van der Waals surface area contributed by atoms with Crippen LogP contribution in [0.15, 0.2) is 73.3 Å². The Kier molecular flexibility index (Phi) is 6.01. The Morgan fingerprint density at radius 1 is 1.15 bits per heavy atom. The molecule has 8 nitrogen and oxygen atoms in total. The first-order valence-corrected chi connectivity index (χ1v) is 11.6. The molecule has 0 saturated carbocycles. The van der Waals surface area contributed by atoms with Crippen LogP contribution in [0.3, 0.4) is 0 Å². The van der Waals surface area contributed by atoms with Gasteiger partial charge < -0.3 is 19.5 Å². The molecule has 3 aromatic carbocycles. The molecule has 34 heavy (non-hydrogen) atoms. The first-order chi connectivity index (χ1) is 16.5. The van der Waals surface area contributed by atoms with Gasteiger partial charge in [-0.05, 0) is 77.2 Å². The zero-order valence-electron chi connectivity index (χ0n) is 17.9. The topological polar surface area (TPSA) is 89.1 Å². The molecule has 0 aliphatic carbocycles. The molecule has 0 bridgehead atoms. The quantitative estimate of drug-likeness (QED) is 0.336. The van der Waals surface area contributed by atoms with Gasteiger partial charge >= 0.3 is 0 Å². The van der Waals surface area contributed by atoms with Gasteiger partial charge in [0.25, 0.3) is 11.8 Å². The maximum Gasteiger partial charge on any atom is 0.276 e. The number of carbonyl (C=O) groups is 2. The second-order valence-electron chi connectivity index (χ2n) is 7.59. The van der Waals surface area contributed by atoms with Crippen LogP contribution < -0.4 is 25.0 Å². The van der Waals surface area contributed by atoms with Crippen molar-refractivity contribution in [3.05, 3.63) is 93.6 Å². The lowest BCUT2D eigenvalue weighted by atomic mass is 10.0. The first kappa shape index (κ1) is 22.1. The average Bonchev–Trinajstić information content (AvgIpc) is 3.33. The molecule has 2 heterocycles. The van der Waals surface area contributed by atoms with Crippen molar-refractivity contribution in [1.82, 2.24) is 10.4 Å². The lowest BCUT2D eigenvalue weighted by Crippen LogP contribution is -2.52. The lowest BCUT2D eigenvalue weighted by molar-refractivity contribution is 0.0490. The standard InChI is InChI=1S/C25H20IN3O5/c1-2-11-32-18-7-3-15(4-8-18)24(30)28-29-23(16-5-10-21-22(12-16)34-14-33-21)27-20-9-6-17(26)13-19(20)25(29)31/h2-10,12-13,23,27H,1,11,14H2,(H,28,30)/t23-/m0/s1. The van der Waals surface area contributed by atoms with Gasteiger partial charge in [0.2, 0.25) is 6.79 Å². The van der Waals surface area contributed by atoms with Crippen LogP contribution in [-0.2, 0) is 0 Å². The second-order valence-corrected chi connectivity index (χ2v) is 8.84. The Labute approximate surface area is 209 Å². The maximum atomic E-state index is 13.5. The highest BCUT2D eigenvalue weighted by atomic mass is 127. The summed E-state index contributed by atoms with van der Waals surface area (Å²) in [6, 6.07) is 17.7. The Morgan fingerprint density at radius 3 is 2.74 bits per heavy atom. The van der Waals surface area contributed by atoms with Crippen LogP contribution >= 0.6 is 22.6 Å². The Balaban J connectivity index is 1.46. The summed E-state index contributed by atoms with van der Waals surface area (Å²) in [5.74, 6) is 1.09. The number of nitrogens with zero attached hydrogens (tertiary/aromatic N) is 1. The van der Waals surface area contributed by atoms with Crippen LogP contribution in [0.4, 0.5) is 5.69 Å². The molecule has 0 fully saturated rings. The van der Waals surface area contributed by atoms with Crippen molar-refractivity contribution in [2.24, 2.45) is 0 Å². The molecule has 0 unspecified atom stereocenters. The van der Waals surface area contributed by atoms with E-state index in [9.17, 15) is 9.59 Å². The lowest BCUT2D eigenvalue weighted by Gasteiger charge is -2.38. The van der Waals surface area contributed by atoms with Crippen molar-refractivity contribution < 1.29 is 23.8 Å². The summed E-state index contributed by atoms with van der Waals surface area (Å²) >= 11 is 2.15. The highest BCUT2D eigenvalue weighted by Gasteiger charge is 2.35. The van der Waals surface area contributed by atoms with Gasteiger partial charge in [-0.2, -0.15) is 0 Å². The molecule has 9 heteroatoms. The summed E-state index contributed by atoms with van der Waals surface area (Å²) in [6.45, 7) is 4.13. The Bertz CT molecular complexity index is 1280. The largest absolute Gasteiger partial charge is 0.490 e. The van der Waals surface area contributed by atoms with Crippen molar-refractivity contribution in [2.45, 2.75) is 6.17 Å². The minimum absolute atomic E-state index is 0.143. The maximum absolute atomic E-state index is 13.5. The number of hydrogen-bond acceptors (Lipinski definition) is 6.